The number of anilines is 1. The topological polar surface area (TPSA) is 95.7 Å². The van der Waals surface area contributed by atoms with Crippen LogP contribution in [0.4, 0.5) is 5.82 Å². The minimum absolute atomic E-state index is 0.151. The zero-order valence-electron chi connectivity index (χ0n) is 10.4. The molecule has 2 rings (SSSR count). The Morgan fingerprint density at radius 3 is 2.53 bits per heavy atom. The Bertz CT molecular complexity index is 521. The molecule has 0 aliphatic carbocycles. The van der Waals surface area contributed by atoms with Crippen LogP contribution in [0.1, 0.15) is 38.2 Å². The first-order valence-electron chi connectivity index (χ1n) is 5.36. The van der Waals surface area contributed by atoms with Crippen LogP contribution in [0.5, 0.6) is 0 Å². The maximum atomic E-state index is 5.61. The highest BCUT2D eigenvalue weighted by molar-refractivity contribution is 5.31. The smallest absolute Gasteiger partial charge is 0.232 e. The summed E-state index contributed by atoms with van der Waals surface area (Å²) in [6.45, 7) is 8.31. The number of nitrogen functional groups attached to an aromatic ring is 1. The van der Waals surface area contributed by atoms with E-state index in [2.05, 4.69) is 20.5 Å². The van der Waals surface area contributed by atoms with Crippen molar-refractivity contribution in [2.45, 2.75) is 39.7 Å². The van der Waals surface area contributed by atoms with Crippen LogP contribution in [-0.2, 0) is 12.0 Å². The van der Waals surface area contributed by atoms with Gasteiger partial charge in [-0.2, -0.15) is 4.98 Å². The Morgan fingerprint density at radius 2 is 2.06 bits per heavy atom. The molecule has 0 amide bonds. The van der Waals surface area contributed by atoms with Gasteiger partial charge < -0.3 is 10.3 Å². The number of nitrogens with zero attached hydrogens (tertiary/aromatic N) is 5. The van der Waals surface area contributed by atoms with Crippen LogP contribution in [0.25, 0.3) is 0 Å². The van der Waals surface area contributed by atoms with Gasteiger partial charge in [-0.05, 0) is 6.92 Å². The van der Waals surface area contributed by atoms with Gasteiger partial charge in [0.1, 0.15) is 6.54 Å². The Hall–Kier alpha value is -1.92. The number of rotatable bonds is 2. The molecule has 7 nitrogen and oxygen atoms in total. The van der Waals surface area contributed by atoms with E-state index in [0.29, 0.717) is 24.1 Å². The molecular weight excluding hydrogens is 220 g/mol. The van der Waals surface area contributed by atoms with Gasteiger partial charge in [-0.3, -0.25) is 0 Å². The molecule has 0 spiro atoms. The van der Waals surface area contributed by atoms with E-state index in [4.69, 9.17) is 10.3 Å². The fourth-order valence-electron chi connectivity index (χ4n) is 1.28. The SMILES string of the molecule is Cc1c(N)nnn1Cc1noc(C(C)(C)C)n1. The van der Waals surface area contributed by atoms with Crippen molar-refractivity contribution in [3.8, 4) is 0 Å². The molecule has 2 N–H and O–H groups in total. The van der Waals surface area contributed by atoms with Gasteiger partial charge in [-0.1, -0.05) is 31.1 Å². The first-order valence-corrected chi connectivity index (χ1v) is 5.36. The van der Waals surface area contributed by atoms with Gasteiger partial charge in [0, 0.05) is 5.41 Å². The number of nitrogens with two attached hydrogens (primary N) is 1. The first-order chi connectivity index (χ1) is 7.88. The molecule has 2 aromatic rings. The zero-order valence-corrected chi connectivity index (χ0v) is 10.4. The maximum absolute atomic E-state index is 5.61. The van der Waals surface area contributed by atoms with Crippen LogP contribution in [0.2, 0.25) is 0 Å². The zero-order chi connectivity index (χ0) is 12.6. The lowest BCUT2D eigenvalue weighted by Crippen LogP contribution is -2.12. The van der Waals surface area contributed by atoms with E-state index in [1.54, 1.807) is 4.68 Å². The summed E-state index contributed by atoms with van der Waals surface area (Å²) in [7, 11) is 0. The van der Waals surface area contributed by atoms with Crippen LogP contribution in [0, 0.1) is 6.92 Å². The van der Waals surface area contributed by atoms with Crippen molar-refractivity contribution in [3.63, 3.8) is 0 Å². The van der Waals surface area contributed by atoms with Crippen molar-refractivity contribution in [2.24, 2.45) is 0 Å². The second-order valence-electron chi connectivity index (χ2n) is 4.98. The third-order valence-electron chi connectivity index (χ3n) is 2.42. The second-order valence-corrected chi connectivity index (χ2v) is 4.98. The van der Waals surface area contributed by atoms with Gasteiger partial charge in [0.25, 0.3) is 0 Å². The summed E-state index contributed by atoms with van der Waals surface area (Å²) in [4.78, 5) is 4.32. The van der Waals surface area contributed by atoms with E-state index in [-0.39, 0.29) is 5.41 Å². The normalized spacial score (nSPS) is 12.0. The highest BCUT2D eigenvalue weighted by atomic mass is 16.5. The number of hydrogen-bond donors (Lipinski definition) is 1. The molecule has 0 aromatic carbocycles. The molecule has 17 heavy (non-hydrogen) atoms. The summed E-state index contributed by atoms with van der Waals surface area (Å²) < 4.78 is 6.84. The van der Waals surface area contributed by atoms with Crippen LogP contribution in [0.3, 0.4) is 0 Å². The maximum Gasteiger partial charge on any atom is 0.232 e. The predicted molar refractivity (Wildman–Crippen MR) is 61.3 cm³/mol. The van der Waals surface area contributed by atoms with Gasteiger partial charge in [0.05, 0.1) is 5.69 Å². The Labute approximate surface area is 99.0 Å². The van der Waals surface area contributed by atoms with Crippen molar-refractivity contribution in [2.75, 3.05) is 5.73 Å². The average molecular weight is 236 g/mol. The Kier molecular flexibility index (Phi) is 2.60. The van der Waals surface area contributed by atoms with E-state index < -0.39 is 0 Å². The molecule has 0 aliphatic rings. The first kappa shape index (κ1) is 11.6. The van der Waals surface area contributed by atoms with Gasteiger partial charge in [0.2, 0.25) is 5.89 Å². The highest BCUT2D eigenvalue weighted by Gasteiger charge is 2.22. The molecule has 7 heteroatoms. The summed E-state index contributed by atoms with van der Waals surface area (Å²) >= 11 is 0. The highest BCUT2D eigenvalue weighted by Crippen LogP contribution is 2.19. The number of hydrogen-bond acceptors (Lipinski definition) is 6. The minimum Gasteiger partial charge on any atom is -0.381 e. The lowest BCUT2D eigenvalue weighted by Gasteiger charge is -2.10. The van der Waals surface area contributed by atoms with Crippen molar-refractivity contribution < 1.29 is 4.52 Å². The molecule has 0 saturated carbocycles. The average Bonchev–Trinajstić information content (AvgIpc) is 2.80. The van der Waals surface area contributed by atoms with Crippen molar-refractivity contribution in [1.82, 2.24) is 25.1 Å². The molecule has 0 saturated heterocycles. The van der Waals surface area contributed by atoms with Crippen LogP contribution in [0.15, 0.2) is 4.52 Å². The van der Waals surface area contributed by atoms with Gasteiger partial charge in [-0.25, -0.2) is 4.68 Å². The summed E-state index contributed by atoms with van der Waals surface area (Å²) in [5.74, 6) is 1.60. The molecule has 0 atom stereocenters. The van der Waals surface area contributed by atoms with Gasteiger partial charge in [0.15, 0.2) is 11.6 Å². The summed E-state index contributed by atoms with van der Waals surface area (Å²) in [6, 6.07) is 0. The fraction of sp³-hybridized carbons (Fsp3) is 0.600. The standard InChI is InChI=1S/C10H16N6O/c1-6-8(11)13-15-16(6)5-7-12-9(17-14-7)10(2,3)4/h5,11H2,1-4H3. The van der Waals surface area contributed by atoms with E-state index in [1.165, 1.54) is 0 Å². The van der Waals surface area contributed by atoms with Crippen LogP contribution in [-0.4, -0.2) is 25.1 Å². The molecule has 2 aromatic heterocycles. The van der Waals surface area contributed by atoms with Crippen molar-refractivity contribution in [1.29, 1.82) is 0 Å². The van der Waals surface area contributed by atoms with E-state index in [0.717, 1.165) is 5.69 Å². The lowest BCUT2D eigenvalue weighted by molar-refractivity contribution is 0.317. The van der Waals surface area contributed by atoms with E-state index in [1.807, 2.05) is 27.7 Å². The molecule has 0 fully saturated rings. The molecule has 2 heterocycles. The molecule has 0 radical (unpaired) electrons. The monoisotopic (exact) mass is 236 g/mol. The number of aromatic nitrogens is 5. The Morgan fingerprint density at radius 1 is 1.35 bits per heavy atom. The third kappa shape index (κ3) is 2.27. The lowest BCUT2D eigenvalue weighted by atomic mass is 9.97. The van der Waals surface area contributed by atoms with E-state index >= 15 is 0 Å². The molecule has 92 valence electrons. The van der Waals surface area contributed by atoms with Gasteiger partial charge >= 0.3 is 0 Å². The summed E-state index contributed by atoms with van der Waals surface area (Å²) in [6.07, 6.45) is 0. The molecule has 0 unspecified atom stereocenters. The minimum atomic E-state index is -0.151. The van der Waals surface area contributed by atoms with Crippen LogP contribution < -0.4 is 5.73 Å². The quantitative estimate of drug-likeness (QED) is 0.832. The van der Waals surface area contributed by atoms with E-state index in [9.17, 15) is 0 Å². The third-order valence-corrected chi connectivity index (χ3v) is 2.42. The molecule has 0 bridgehead atoms. The molecular formula is C10H16N6O. The van der Waals surface area contributed by atoms with Crippen molar-refractivity contribution >= 4 is 5.82 Å². The largest absolute Gasteiger partial charge is 0.381 e. The van der Waals surface area contributed by atoms with Gasteiger partial charge in [-0.15, -0.1) is 5.10 Å². The summed E-state index contributed by atoms with van der Waals surface area (Å²) in [5, 5.41) is 11.6. The fourth-order valence-corrected chi connectivity index (χ4v) is 1.28. The summed E-state index contributed by atoms with van der Waals surface area (Å²) in [5.41, 5.74) is 6.26. The van der Waals surface area contributed by atoms with Crippen molar-refractivity contribution in [3.05, 3.63) is 17.4 Å². The Balaban J connectivity index is 2.20. The second kappa shape index (κ2) is 3.83. The van der Waals surface area contributed by atoms with Crippen LogP contribution >= 0.6 is 0 Å². The predicted octanol–water partition coefficient (Wildman–Crippen LogP) is 0.898. The molecule has 0 aliphatic heterocycles.